The molecule has 1 aromatic carbocycles. The van der Waals surface area contributed by atoms with Gasteiger partial charge in [-0.1, -0.05) is 18.2 Å². The Morgan fingerprint density at radius 3 is 3.00 bits per heavy atom. The smallest absolute Gasteiger partial charge is 0.134 e. The molecule has 0 bridgehead atoms. The van der Waals surface area contributed by atoms with Gasteiger partial charge in [0.25, 0.3) is 0 Å². The Morgan fingerprint density at radius 1 is 1.28 bits per heavy atom. The van der Waals surface area contributed by atoms with Crippen molar-refractivity contribution in [2.45, 2.75) is 6.42 Å². The molecule has 1 aliphatic rings. The average Bonchev–Trinajstić information content (AvgIpc) is 2.80. The molecule has 0 unspecified atom stereocenters. The number of aliphatic imine (C=N–C) groups is 1. The standard InChI is InChI=1S/C15H16N2O/c1-17-10-4-9-16-15(17)8-7-13-11-12-5-2-3-6-14(12)18-13/h2-3,5-8,11H,4,9-10H2,1H3/b8-7-. The van der Waals surface area contributed by atoms with E-state index in [0.29, 0.717) is 0 Å². The third-order valence-corrected chi connectivity index (χ3v) is 3.16. The fourth-order valence-electron chi connectivity index (χ4n) is 2.16. The molecule has 0 atom stereocenters. The van der Waals surface area contributed by atoms with Crippen LogP contribution in [0.15, 0.2) is 45.8 Å². The molecule has 1 aliphatic heterocycles. The summed E-state index contributed by atoms with van der Waals surface area (Å²) in [6, 6.07) is 10.1. The van der Waals surface area contributed by atoms with Gasteiger partial charge in [-0.3, -0.25) is 4.99 Å². The Balaban J connectivity index is 1.85. The molecular weight excluding hydrogens is 224 g/mol. The second-order valence-electron chi connectivity index (χ2n) is 4.53. The molecule has 2 heterocycles. The van der Waals surface area contributed by atoms with Gasteiger partial charge >= 0.3 is 0 Å². The Morgan fingerprint density at radius 2 is 2.17 bits per heavy atom. The van der Waals surface area contributed by atoms with E-state index in [1.54, 1.807) is 0 Å². The Kier molecular flexibility index (Phi) is 2.89. The van der Waals surface area contributed by atoms with Crippen LogP contribution in [0, 0.1) is 0 Å². The van der Waals surface area contributed by atoms with E-state index in [1.165, 1.54) is 0 Å². The highest BCUT2D eigenvalue weighted by Crippen LogP contribution is 2.19. The van der Waals surface area contributed by atoms with E-state index < -0.39 is 0 Å². The van der Waals surface area contributed by atoms with Crippen LogP contribution in [0.2, 0.25) is 0 Å². The Hall–Kier alpha value is -2.03. The van der Waals surface area contributed by atoms with Crippen LogP contribution >= 0.6 is 0 Å². The second-order valence-corrected chi connectivity index (χ2v) is 4.53. The number of furan rings is 1. The quantitative estimate of drug-likeness (QED) is 0.806. The van der Waals surface area contributed by atoms with Crippen LogP contribution in [0.4, 0.5) is 0 Å². The lowest BCUT2D eigenvalue weighted by atomic mass is 10.2. The van der Waals surface area contributed by atoms with Crippen molar-refractivity contribution in [1.82, 2.24) is 4.90 Å². The number of hydrogen-bond acceptors (Lipinski definition) is 3. The molecule has 1 aromatic heterocycles. The second kappa shape index (κ2) is 4.69. The van der Waals surface area contributed by atoms with Crippen LogP contribution in [-0.2, 0) is 0 Å². The van der Waals surface area contributed by atoms with Crippen LogP contribution < -0.4 is 0 Å². The van der Waals surface area contributed by atoms with Crippen molar-refractivity contribution in [3.05, 3.63) is 42.2 Å². The van der Waals surface area contributed by atoms with E-state index in [9.17, 15) is 0 Å². The molecule has 0 spiro atoms. The number of rotatable bonds is 2. The van der Waals surface area contributed by atoms with Crippen molar-refractivity contribution < 1.29 is 4.42 Å². The summed E-state index contributed by atoms with van der Waals surface area (Å²) in [5.74, 6) is 1.90. The Labute approximate surface area is 106 Å². The molecule has 0 amide bonds. The molecule has 2 aromatic rings. The van der Waals surface area contributed by atoms with Crippen molar-refractivity contribution in [2.75, 3.05) is 20.1 Å². The lowest BCUT2D eigenvalue weighted by Crippen LogP contribution is -2.30. The number of para-hydroxylation sites is 1. The highest BCUT2D eigenvalue weighted by molar-refractivity contribution is 5.96. The van der Waals surface area contributed by atoms with Crippen molar-refractivity contribution >= 4 is 22.9 Å². The summed E-state index contributed by atoms with van der Waals surface area (Å²) in [6.45, 7) is 1.99. The van der Waals surface area contributed by atoms with Gasteiger partial charge in [-0.2, -0.15) is 0 Å². The van der Waals surface area contributed by atoms with E-state index in [0.717, 1.165) is 42.1 Å². The SMILES string of the molecule is CN1CCCN=C1/C=C\c1cc2ccccc2o1. The van der Waals surface area contributed by atoms with Gasteiger partial charge in [0.1, 0.15) is 17.2 Å². The first kappa shape index (κ1) is 11.1. The van der Waals surface area contributed by atoms with Crippen LogP contribution in [0.3, 0.4) is 0 Å². The summed E-state index contributed by atoms with van der Waals surface area (Å²) in [7, 11) is 2.07. The first-order valence-corrected chi connectivity index (χ1v) is 6.25. The highest BCUT2D eigenvalue weighted by Gasteiger charge is 2.07. The van der Waals surface area contributed by atoms with Crippen molar-refractivity contribution in [2.24, 2.45) is 4.99 Å². The molecule has 0 N–H and O–H groups in total. The first-order chi connectivity index (χ1) is 8.83. The van der Waals surface area contributed by atoms with E-state index in [2.05, 4.69) is 29.1 Å². The third kappa shape index (κ3) is 2.16. The molecule has 0 fully saturated rings. The molecule has 18 heavy (non-hydrogen) atoms. The third-order valence-electron chi connectivity index (χ3n) is 3.16. The van der Waals surface area contributed by atoms with Crippen LogP contribution in [0.1, 0.15) is 12.2 Å². The number of hydrogen-bond donors (Lipinski definition) is 0. The predicted molar refractivity (Wildman–Crippen MR) is 74.8 cm³/mol. The van der Waals surface area contributed by atoms with Crippen molar-refractivity contribution in [3.63, 3.8) is 0 Å². The summed E-state index contributed by atoms with van der Waals surface area (Å²) < 4.78 is 5.73. The molecule has 0 saturated carbocycles. The van der Waals surface area contributed by atoms with Gasteiger partial charge in [-0.25, -0.2) is 0 Å². The molecule has 3 heteroatoms. The molecular formula is C15H16N2O. The monoisotopic (exact) mass is 240 g/mol. The fraction of sp³-hybridized carbons (Fsp3) is 0.267. The maximum atomic E-state index is 5.73. The van der Waals surface area contributed by atoms with Crippen LogP contribution in [0.5, 0.6) is 0 Å². The number of likely N-dealkylation sites (N-methyl/N-ethyl adjacent to an activating group) is 1. The van der Waals surface area contributed by atoms with Crippen LogP contribution in [0.25, 0.3) is 17.0 Å². The molecule has 0 radical (unpaired) electrons. The van der Waals surface area contributed by atoms with Gasteiger partial charge in [0.15, 0.2) is 0 Å². The zero-order chi connectivity index (χ0) is 12.4. The molecule has 3 nitrogen and oxygen atoms in total. The maximum absolute atomic E-state index is 5.73. The van der Waals surface area contributed by atoms with E-state index in [-0.39, 0.29) is 0 Å². The average molecular weight is 240 g/mol. The van der Waals surface area contributed by atoms with Gasteiger partial charge in [0.2, 0.25) is 0 Å². The summed E-state index contributed by atoms with van der Waals surface area (Å²) in [6.07, 6.45) is 5.15. The summed E-state index contributed by atoms with van der Waals surface area (Å²) in [4.78, 5) is 6.66. The van der Waals surface area contributed by atoms with Gasteiger partial charge in [0.05, 0.1) is 0 Å². The van der Waals surface area contributed by atoms with Gasteiger partial charge in [0, 0.05) is 25.5 Å². The normalized spacial score (nSPS) is 16.5. The Bertz CT molecular complexity index is 577. The summed E-state index contributed by atoms with van der Waals surface area (Å²) in [5.41, 5.74) is 0.927. The molecule has 3 rings (SSSR count). The number of amidine groups is 1. The van der Waals surface area contributed by atoms with E-state index in [4.69, 9.17) is 4.42 Å². The predicted octanol–water partition coefficient (Wildman–Crippen LogP) is 3.18. The van der Waals surface area contributed by atoms with E-state index in [1.807, 2.05) is 30.4 Å². The van der Waals surface area contributed by atoms with Crippen molar-refractivity contribution in [1.29, 1.82) is 0 Å². The molecule has 0 saturated heterocycles. The first-order valence-electron chi connectivity index (χ1n) is 6.25. The zero-order valence-electron chi connectivity index (χ0n) is 10.5. The highest BCUT2D eigenvalue weighted by atomic mass is 16.3. The van der Waals surface area contributed by atoms with Crippen molar-refractivity contribution in [3.8, 4) is 0 Å². The van der Waals surface area contributed by atoms with E-state index >= 15 is 0 Å². The largest absolute Gasteiger partial charge is 0.457 e. The summed E-state index contributed by atoms with van der Waals surface area (Å²) in [5, 5.41) is 1.14. The number of nitrogens with zero attached hydrogens (tertiary/aromatic N) is 2. The van der Waals surface area contributed by atoms with Gasteiger partial charge in [-0.15, -0.1) is 0 Å². The number of fused-ring (bicyclic) bond motifs is 1. The van der Waals surface area contributed by atoms with Gasteiger partial charge < -0.3 is 9.32 Å². The minimum atomic E-state index is 0.873. The minimum absolute atomic E-state index is 0.873. The van der Waals surface area contributed by atoms with Crippen LogP contribution in [-0.4, -0.2) is 30.9 Å². The minimum Gasteiger partial charge on any atom is -0.457 e. The number of benzene rings is 1. The maximum Gasteiger partial charge on any atom is 0.134 e. The fourth-order valence-corrected chi connectivity index (χ4v) is 2.16. The molecule has 92 valence electrons. The van der Waals surface area contributed by atoms with Gasteiger partial charge in [-0.05, 0) is 30.7 Å². The molecule has 0 aliphatic carbocycles. The lowest BCUT2D eigenvalue weighted by molar-refractivity contribution is 0.470. The summed E-state index contributed by atoms with van der Waals surface area (Å²) >= 11 is 0. The lowest BCUT2D eigenvalue weighted by Gasteiger charge is -2.22. The zero-order valence-corrected chi connectivity index (χ0v) is 10.5. The topological polar surface area (TPSA) is 28.7 Å².